The molecule has 2 atom stereocenters. The molecule has 0 saturated heterocycles. The van der Waals surface area contributed by atoms with Gasteiger partial charge >= 0.3 is 5.97 Å². The van der Waals surface area contributed by atoms with Gasteiger partial charge < -0.3 is 20.3 Å². The second kappa shape index (κ2) is 70.6. The highest BCUT2D eigenvalue weighted by Crippen LogP contribution is 2.19. The highest BCUT2D eigenvalue weighted by Gasteiger charge is 2.20. The van der Waals surface area contributed by atoms with Crippen molar-refractivity contribution in [2.75, 3.05) is 13.2 Å². The fourth-order valence-corrected chi connectivity index (χ4v) is 11.6. The van der Waals surface area contributed by atoms with Crippen LogP contribution in [0.3, 0.4) is 0 Å². The van der Waals surface area contributed by atoms with Gasteiger partial charge in [0.05, 0.1) is 25.4 Å². The maximum absolute atomic E-state index is 12.5. The molecule has 3 N–H and O–H groups in total. The van der Waals surface area contributed by atoms with Crippen LogP contribution >= 0.6 is 0 Å². The Hall–Kier alpha value is -1.92. The summed E-state index contributed by atoms with van der Waals surface area (Å²) in [6, 6.07) is -0.551. The summed E-state index contributed by atoms with van der Waals surface area (Å²) in [5.74, 6) is -0.0339. The molecule has 0 aromatic rings. The number of amides is 1. The first-order valence-electron chi connectivity index (χ1n) is 36.7. The predicted molar refractivity (Wildman–Crippen MR) is 356 cm³/mol. The van der Waals surface area contributed by atoms with Crippen LogP contribution in [0.4, 0.5) is 0 Å². The molecule has 0 heterocycles. The van der Waals surface area contributed by atoms with Gasteiger partial charge in [0.2, 0.25) is 5.91 Å². The summed E-state index contributed by atoms with van der Waals surface area (Å²) in [5, 5.41) is 23.4. The fourth-order valence-electron chi connectivity index (χ4n) is 11.6. The number of rotatable bonds is 69. The smallest absolute Gasteiger partial charge is 0.305 e. The van der Waals surface area contributed by atoms with E-state index in [0.717, 1.165) is 57.8 Å². The summed E-state index contributed by atoms with van der Waals surface area (Å²) in [5.41, 5.74) is 0. The molecule has 0 spiro atoms. The van der Waals surface area contributed by atoms with E-state index in [1.54, 1.807) is 0 Å². The third-order valence-corrected chi connectivity index (χ3v) is 17.2. The van der Waals surface area contributed by atoms with Crippen LogP contribution in [-0.4, -0.2) is 47.4 Å². The fraction of sp³-hybridized carbons (Fsp3) is 0.893. The van der Waals surface area contributed by atoms with Gasteiger partial charge in [-0.2, -0.15) is 0 Å². The van der Waals surface area contributed by atoms with Gasteiger partial charge in [-0.05, 0) is 83.5 Å². The lowest BCUT2D eigenvalue weighted by Gasteiger charge is -2.22. The van der Waals surface area contributed by atoms with Crippen molar-refractivity contribution in [2.45, 2.75) is 418 Å². The molecule has 0 aliphatic rings. The lowest BCUT2D eigenvalue weighted by Crippen LogP contribution is -2.45. The average molecular weight is 1140 g/mol. The van der Waals surface area contributed by atoms with Crippen LogP contribution in [0.15, 0.2) is 36.5 Å². The summed E-state index contributed by atoms with van der Waals surface area (Å²) in [4.78, 5) is 24.7. The summed E-state index contributed by atoms with van der Waals surface area (Å²) in [7, 11) is 0. The molecule has 0 radical (unpaired) electrons. The molecule has 0 aliphatic carbocycles. The van der Waals surface area contributed by atoms with E-state index in [1.807, 2.05) is 0 Å². The number of unbranched alkanes of at least 4 members (excludes halogenated alkanes) is 52. The molecule has 478 valence electrons. The molecule has 6 heteroatoms. The van der Waals surface area contributed by atoms with Gasteiger partial charge in [-0.1, -0.05) is 346 Å². The second-order valence-electron chi connectivity index (χ2n) is 25.3. The number of aliphatic hydroxyl groups excluding tert-OH is 2. The van der Waals surface area contributed by atoms with E-state index in [-0.39, 0.29) is 18.5 Å². The van der Waals surface area contributed by atoms with Crippen molar-refractivity contribution in [3.05, 3.63) is 36.5 Å². The Morgan fingerprint density at radius 3 is 0.951 bits per heavy atom. The van der Waals surface area contributed by atoms with Crippen LogP contribution in [0.25, 0.3) is 0 Å². The van der Waals surface area contributed by atoms with Crippen molar-refractivity contribution in [1.29, 1.82) is 0 Å². The number of esters is 1. The number of ether oxygens (including phenoxy) is 1. The van der Waals surface area contributed by atoms with Gasteiger partial charge in [-0.15, -0.1) is 0 Å². The minimum absolute atomic E-state index is 0.00747. The van der Waals surface area contributed by atoms with Crippen LogP contribution < -0.4 is 5.32 Å². The van der Waals surface area contributed by atoms with Gasteiger partial charge in [0, 0.05) is 12.8 Å². The maximum Gasteiger partial charge on any atom is 0.305 e. The zero-order valence-corrected chi connectivity index (χ0v) is 54.8. The third kappa shape index (κ3) is 67.1. The minimum Gasteiger partial charge on any atom is -0.466 e. The molecule has 0 fully saturated rings. The first-order chi connectivity index (χ1) is 40.0. The molecule has 2 unspecified atom stereocenters. The molecule has 0 aromatic carbocycles. The first kappa shape index (κ1) is 79.1. The van der Waals surface area contributed by atoms with Crippen LogP contribution in [0.5, 0.6) is 0 Å². The Morgan fingerprint density at radius 2 is 0.617 bits per heavy atom. The predicted octanol–water partition coefficient (Wildman–Crippen LogP) is 23.9. The van der Waals surface area contributed by atoms with E-state index in [0.29, 0.717) is 25.9 Å². The molecule has 0 bridgehead atoms. The Kier molecular flexibility index (Phi) is 68.9. The number of allylic oxidation sites excluding steroid dienone is 6. The Labute approximate surface area is 506 Å². The number of hydrogen-bond acceptors (Lipinski definition) is 5. The Bertz CT molecular complexity index is 1310. The topological polar surface area (TPSA) is 95.9 Å². The first-order valence-corrected chi connectivity index (χ1v) is 36.7. The lowest BCUT2D eigenvalue weighted by atomic mass is 10.0. The molecular weight excluding hydrogens is 995 g/mol. The summed E-state index contributed by atoms with van der Waals surface area (Å²) < 4.78 is 5.50. The van der Waals surface area contributed by atoms with Gasteiger partial charge in [0.15, 0.2) is 0 Å². The van der Waals surface area contributed by atoms with Gasteiger partial charge in [-0.3, -0.25) is 9.59 Å². The van der Waals surface area contributed by atoms with Crippen molar-refractivity contribution >= 4 is 11.9 Å². The standard InChI is InChI=1S/C75H143NO5/c1-3-5-7-9-11-13-15-17-19-21-23-24-28-32-35-39-43-47-51-55-59-63-67-73(78)72(71-77)76-74(79)68-64-60-56-52-48-44-40-36-33-29-26-25-27-30-34-38-42-46-50-54-58-62-66-70-81-75(80)69-65-61-57-53-49-45-41-37-31-22-20-18-16-14-12-10-8-6-4-2/h18,20,25,27,29,33,72-73,77-78H,3-17,19,21-24,26,28,30-32,34-71H2,1-2H3,(H,76,79)/b20-18-,27-25-,33-29-. The molecule has 1 amide bonds. The molecule has 0 aromatic heterocycles. The Morgan fingerprint density at radius 1 is 0.346 bits per heavy atom. The van der Waals surface area contributed by atoms with Gasteiger partial charge in [-0.25, -0.2) is 0 Å². The van der Waals surface area contributed by atoms with Crippen molar-refractivity contribution < 1.29 is 24.5 Å². The third-order valence-electron chi connectivity index (χ3n) is 17.2. The van der Waals surface area contributed by atoms with Crippen LogP contribution in [-0.2, 0) is 14.3 Å². The molecule has 0 saturated carbocycles. The van der Waals surface area contributed by atoms with E-state index in [1.165, 1.54) is 315 Å². The van der Waals surface area contributed by atoms with Gasteiger partial charge in [0.1, 0.15) is 0 Å². The Balaban J connectivity index is 3.43. The summed E-state index contributed by atoms with van der Waals surface area (Å²) in [6.45, 7) is 4.98. The zero-order chi connectivity index (χ0) is 58.5. The van der Waals surface area contributed by atoms with E-state index < -0.39 is 12.1 Å². The monoisotopic (exact) mass is 1140 g/mol. The SMILES string of the molecule is CCCCCCCC/C=C\CCCCCCCCCCCC(=O)OCCCCCCCCCCC/C=C\C/C=C\CCCCCCCCCC(=O)NC(CO)C(O)CCCCCCCCCCCCCCCCCCCCCCCC. The van der Waals surface area contributed by atoms with Crippen LogP contribution in [0.1, 0.15) is 406 Å². The lowest BCUT2D eigenvalue weighted by molar-refractivity contribution is -0.143. The average Bonchev–Trinajstić information content (AvgIpc) is 3.47. The van der Waals surface area contributed by atoms with Crippen LogP contribution in [0.2, 0.25) is 0 Å². The van der Waals surface area contributed by atoms with E-state index in [2.05, 4.69) is 55.6 Å². The largest absolute Gasteiger partial charge is 0.466 e. The van der Waals surface area contributed by atoms with E-state index in [9.17, 15) is 19.8 Å². The van der Waals surface area contributed by atoms with E-state index >= 15 is 0 Å². The summed E-state index contributed by atoms with van der Waals surface area (Å²) in [6.07, 6.45) is 90.5. The number of hydrogen-bond donors (Lipinski definition) is 3. The number of aliphatic hydroxyl groups is 2. The minimum atomic E-state index is -0.673. The number of carbonyl (C=O) groups is 2. The van der Waals surface area contributed by atoms with Crippen molar-refractivity contribution in [3.63, 3.8) is 0 Å². The zero-order valence-electron chi connectivity index (χ0n) is 54.8. The summed E-state index contributed by atoms with van der Waals surface area (Å²) >= 11 is 0. The number of nitrogens with one attached hydrogen (secondary N) is 1. The van der Waals surface area contributed by atoms with Crippen molar-refractivity contribution in [3.8, 4) is 0 Å². The second-order valence-corrected chi connectivity index (χ2v) is 25.3. The normalized spacial score (nSPS) is 12.7. The molecule has 0 rings (SSSR count). The highest BCUT2D eigenvalue weighted by atomic mass is 16.5. The van der Waals surface area contributed by atoms with Crippen molar-refractivity contribution in [2.24, 2.45) is 0 Å². The number of carbonyl (C=O) groups excluding carboxylic acids is 2. The van der Waals surface area contributed by atoms with Gasteiger partial charge in [0.25, 0.3) is 0 Å². The van der Waals surface area contributed by atoms with Crippen LogP contribution in [0, 0.1) is 0 Å². The van der Waals surface area contributed by atoms with E-state index in [4.69, 9.17) is 4.74 Å². The quantitative estimate of drug-likeness (QED) is 0.0320. The molecule has 0 aliphatic heterocycles. The van der Waals surface area contributed by atoms with Crippen molar-refractivity contribution in [1.82, 2.24) is 5.32 Å². The molecule has 81 heavy (non-hydrogen) atoms. The molecular formula is C75H143NO5. The highest BCUT2D eigenvalue weighted by molar-refractivity contribution is 5.76. The molecule has 6 nitrogen and oxygen atoms in total. The maximum atomic E-state index is 12.5.